The largest absolute Gasteiger partial charge is 0.480 e. The third kappa shape index (κ3) is 3.35. The second-order valence-electron chi connectivity index (χ2n) is 6.12. The topological polar surface area (TPSA) is 49.3 Å². The molecule has 2 N–H and O–H groups in total. The lowest BCUT2D eigenvalue weighted by Gasteiger charge is -2.40. The van der Waals surface area contributed by atoms with Gasteiger partial charge < -0.3 is 10.4 Å². The number of benzene rings is 1. The lowest BCUT2D eigenvalue weighted by molar-refractivity contribution is -0.144. The minimum absolute atomic E-state index is 0.472. The van der Waals surface area contributed by atoms with Crippen LogP contribution in [0.4, 0.5) is 5.69 Å². The number of aliphatic carboxylic acids is 1. The fraction of sp³-hybridized carbons (Fsp3) is 0.562. The number of anilines is 1. The van der Waals surface area contributed by atoms with E-state index in [-0.39, 0.29) is 0 Å². The molecule has 2 unspecified atom stereocenters. The molecule has 1 aromatic rings. The maximum atomic E-state index is 11.9. The Morgan fingerprint density at radius 2 is 2.25 bits per heavy atom. The third-order valence-electron chi connectivity index (χ3n) is 4.35. The lowest BCUT2D eigenvalue weighted by Crippen LogP contribution is -2.50. The summed E-state index contributed by atoms with van der Waals surface area (Å²) in [7, 11) is 0. The predicted octanol–water partition coefficient (Wildman–Crippen LogP) is 4.53. The molecule has 3 nitrogen and oxygen atoms in total. The summed E-state index contributed by atoms with van der Waals surface area (Å²) in [6.45, 7) is 4.36. The van der Waals surface area contributed by atoms with Crippen molar-refractivity contribution in [3.8, 4) is 0 Å². The minimum atomic E-state index is -0.825. The van der Waals surface area contributed by atoms with Crippen molar-refractivity contribution in [2.45, 2.75) is 45.1 Å². The number of halogens is 1. The Labute approximate surface area is 128 Å². The van der Waals surface area contributed by atoms with Gasteiger partial charge in [0.25, 0.3) is 0 Å². The maximum Gasteiger partial charge on any atom is 0.329 e. The van der Waals surface area contributed by atoms with Crippen LogP contribution in [0, 0.1) is 11.8 Å². The molecule has 1 aliphatic rings. The zero-order chi connectivity index (χ0) is 14.8. The molecule has 20 heavy (non-hydrogen) atoms. The van der Waals surface area contributed by atoms with Crippen LogP contribution in [-0.2, 0) is 4.79 Å². The van der Waals surface area contributed by atoms with E-state index in [9.17, 15) is 9.90 Å². The molecule has 0 aromatic heterocycles. The minimum Gasteiger partial charge on any atom is -0.480 e. The van der Waals surface area contributed by atoms with Crippen molar-refractivity contribution >= 4 is 27.6 Å². The average Bonchev–Trinajstić information content (AvgIpc) is 2.38. The summed E-state index contributed by atoms with van der Waals surface area (Å²) < 4.78 is 0.958. The highest BCUT2D eigenvalue weighted by Crippen LogP contribution is 2.39. The smallest absolute Gasteiger partial charge is 0.329 e. The molecule has 1 saturated carbocycles. The molecule has 2 rings (SSSR count). The monoisotopic (exact) mass is 339 g/mol. The summed E-state index contributed by atoms with van der Waals surface area (Å²) in [4.78, 5) is 11.9. The highest BCUT2D eigenvalue weighted by Gasteiger charge is 2.43. The van der Waals surface area contributed by atoms with Crippen molar-refractivity contribution in [2.75, 3.05) is 5.32 Å². The van der Waals surface area contributed by atoms with Crippen LogP contribution in [0.15, 0.2) is 28.7 Å². The van der Waals surface area contributed by atoms with E-state index in [0.717, 1.165) is 23.0 Å². The van der Waals surface area contributed by atoms with Crippen molar-refractivity contribution < 1.29 is 9.90 Å². The Bertz CT molecular complexity index is 489. The fourth-order valence-corrected chi connectivity index (χ4v) is 3.49. The first-order chi connectivity index (χ1) is 9.43. The van der Waals surface area contributed by atoms with E-state index < -0.39 is 11.5 Å². The lowest BCUT2D eigenvalue weighted by atomic mass is 9.71. The van der Waals surface area contributed by atoms with Gasteiger partial charge in [-0.2, -0.15) is 0 Å². The predicted molar refractivity (Wildman–Crippen MR) is 84.9 cm³/mol. The molecule has 1 fully saturated rings. The molecule has 1 aliphatic carbocycles. The van der Waals surface area contributed by atoms with Crippen LogP contribution >= 0.6 is 15.9 Å². The number of hydrogen-bond acceptors (Lipinski definition) is 2. The van der Waals surface area contributed by atoms with Crippen molar-refractivity contribution in [1.29, 1.82) is 0 Å². The van der Waals surface area contributed by atoms with Gasteiger partial charge >= 0.3 is 5.97 Å². The van der Waals surface area contributed by atoms with Gasteiger partial charge in [-0.25, -0.2) is 4.79 Å². The van der Waals surface area contributed by atoms with Gasteiger partial charge in [0.2, 0.25) is 0 Å². The number of rotatable bonds is 4. The molecule has 0 amide bonds. The van der Waals surface area contributed by atoms with E-state index in [0.29, 0.717) is 24.7 Å². The highest BCUT2D eigenvalue weighted by atomic mass is 79.9. The van der Waals surface area contributed by atoms with Crippen molar-refractivity contribution in [1.82, 2.24) is 0 Å². The summed E-state index contributed by atoms with van der Waals surface area (Å²) in [5, 5.41) is 13.0. The zero-order valence-electron chi connectivity index (χ0n) is 12.0. The summed E-state index contributed by atoms with van der Waals surface area (Å²) in [5.41, 5.74) is 0.0414. The van der Waals surface area contributed by atoms with Crippen LogP contribution in [-0.4, -0.2) is 16.6 Å². The van der Waals surface area contributed by atoms with Crippen molar-refractivity contribution in [3.63, 3.8) is 0 Å². The Balaban J connectivity index is 2.23. The van der Waals surface area contributed by atoms with E-state index in [1.807, 2.05) is 24.3 Å². The normalized spacial score (nSPS) is 26.5. The van der Waals surface area contributed by atoms with Gasteiger partial charge in [0.05, 0.1) is 0 Å². The number of carboxylic acid groups (broad SMARTS) is 1. The van der Waals surface area contributed by atoms with Crippen LogP contribution in [0.3, 0.4) is 0 Å². The molecule has 4 heteroatoms. The van der Waals surface area contributed by atoms with Gasteiger partial charge in [-0.3, -0.25) is 0 Å². The second kappa shape index (κ2) is 6.17. The van der Waals surface area contributed by atoms with Gasteiger partial charge in [-0.05, 0) is 49.3 Å². The molecule has 0 bridgehead atoms. The third-order valence-corrected chi connectivity index (χ3v) is 4.84. The highest BCUT2D eigenvalue weighted by molar-refractivity contribution is 9.10. The first-order valence-electron chi connectivity index (χ1n) is 7.20. The molecular weight excluding hydrogens is 318 g/mol. The van der Waals surface area contributed by atoms with Crippen LogP contribution in [0.2, 0.25) is 0 Å². The number of carbonyl (C=O) groups is 1. The van der Waals surface area contributed by atoms with Crippen molar-refractivity contribution in [2.24, 2.45) is 11.8 Å². The first-order valence-corrected chi connectivity index (χ1v) is 7.99. The van der Waals surface area contributed by atoms with E-state index in [1.165, 1.54) is 0 Å². The molecule has 0 saturated heterocycles. The summed E-state index contributed by atoms with van der Waals surface area (Å²) in [5.74, 6) is 0.265. The van der Waals surface area contributed by atoms with Gasteiger partial charge in [0.1, 0.15) is 5.54 Å². The summed E-state index contributed by atoms with van der Waals surface area (Å²) in [6, 6.07) is 7.72. The fourth-order valence-electron chi connectivity index (χ4n) is 3.09. The Morgan fingerprint density at radius 1 is 1.50 bits per heavy atom. The van der Waals surface area contributed by atoms with Crippen LogP contribution in [0.5, 0.6) is 0 Å². The average molecular weight is 340 g/mol. The van der Waals surface area contributed by atoms with Crippen LogP contribution in [0.1, 0.15) is 39.5 Å². The van der Waals surface area contributed by atoms with E-state index in [4.69, 9.17) is 0 Å². The summed E-state index contributed by atoms with van der Waals surface area (Å²) >= 11 is 3.43. The van der Waals surface area contributed by atoms with E-state index in [1.54, 1.807) is 0 Å². The summed E-state index contributed by atoms with van der Waals surface area (Å²) in [6.07, 6.45) is 3.49. The van der Waals surface area contributed by atoms with E-state index in [2.05, 4.69) is 35.1 Å². The number of carboxylic acids is 1. The second-order valence-corrected chi connectivity index (χ2v) is 7.04. The molecule has 0 aliphatic heterocycles. The van der Waals surface area contributed by atoms with E-state index >= 15 is 0 Å². The van der Waals surface area contributed by atoms with Gasteiger partial charge in [-0.1, -0.05) is 42.3 Å². The SMILES string of the molecule is CC(C)C1CCCC(Nc2cccc(Br)c2)(C(=O)O)C1. The van der Waals surface area contributed by atoms with Crippen LogP contribution < -0.4 is 5.32 Å². The molecule has 1 aromatic carbocycles. The quantitative estimate of drug-likeness (QED) is 0.847. The Hall–Kier alpha value is -1.03. The molecule has 0 spiro atoms. The maximum absolute atomic E-state index is 11.9. The molecule has 2 atom stereocenters. The first kappa shape index (κ1) is 15.4. The number of nitrogens with one attached hydrogen (secondary N) is 1. The van der Waals surface area contributed by atoms with Crippen LogP contribution in [0.25, 0.3) is 0 Å². The number of hydrogen-bond donors (Lipinski definition) is 2. The van der Waals surface area contributed by atoms with Gasteiger partial charge in [0, 0.05) is 10.2 Å². The van der Waals surface area contributed by atoms with Crippen molar-refractivity contribution in [3.05, 3.63) is 28.7 Å². The molecular formula is C16H22BrNO2. The van der Waals surface area contributed by atoms with Gasteiger partial charge in [0.15, 0.2) is 0 Å². The Kier molecular flexibility index (Phi) is 4.74. The Morgan fingerprint density at radius 3 is 2.85 bits per heavy atom. The zero-order valence-corrected chi connectivity index (χ0v) is 13.6. The molecule has 0 heterocycles. The molecule has 110 valence electrons. The molecule has 0 radical (unpaired) electrons. The van der Waals surface area contributed by atoms with Gasteiger partial charge in [-0.15, -0.1) is 0 Å². The standard InChI is InChI=1S/C16H22BrNO2/c1-11(2)12-5-4-8-16(10-12,15(19)20)18-14-7-3-6-13(17)9-14/h3,6-7,9,11-12,18H,4-5,8,10H2,1-2H3,(H,19,20).